The van der Waals surface area contributed by atoms with Crippen LogP contribution >= 0.6 is 0 Å². The van der Waals surface area contributed by atoms with Crippen molar-refractivity contribution >= 4 is 0 Å². The molecule has 0 aliphatic rings. The van der Waals surface area contributed by atoms with Crippen molar-refractivity contribution in [3.8, 4) is 0 Å². The Labute approximate surface area is 118 Å². The summed E-state index contributed by atoms with van der Waals surface area (Å²) >= 11 is 0. The Morgan fingerprint density at radius 1 is 0.950 bits per heavy atom. The fourth-order valence-corrected chi connectivity index (χ4v) is 2.18. The normalized spacial score (nSPS) is 12.3. The minimum absolute atomic E-state index is 0.111. The van der Waals surface area contributed by atoms with Gasteiger partial charge < -0.3 is 5.32 Å². The molecule has 2 aromatic rings. The predicted octanol–water partition coefficient (Wildman–Crippen LogP) is 4.25. The first-order chi connectivity index (χ1) is 9.68. The van der Waals surface area contributed by atoms with Crippen LogP contribution in [0.2, 0.25) is 0 Å². The smallest absolute Gasteiger partial charge is 0.130 e. The van der Waals surface area contributed by atoms with Crippen molar-refractivity contribution in [3.05, 3.63) is 71.3 Å². The molecule has 0 fully saturated rings. The molecular formula is C17H19F2N. The van der Waals surface area contributed by atoms with Crippen molar-refractivity contribution in [2.45, 2.75) is 25.8 Å². The van der Waals surface area contributed by atoms with E-state index in [0.717, 1.165) is 13.0 Å². The van der Waals surface area contributed by atoms with Crippen LogP contribution in [-0.4, -0.2) is 6.54 Å². The zero-order chi connectivity index (χ0) is 14.4. The van der Waals surface area contributed by atoms with E-state index in [4.69, 9.17) is 0 Å². The number of hydrogen-bond donors (Lipinski definition) is 1. The van der Waals surface area contributed by atoms with E-state index in [1.54, 1.807) is 0 Å². The minimum Gasteiger partial charge on any atom is -0.312 e. The number of nitrogens with one attached hydrogen (secondary N) is 1. The van der Waals surface area contributed by atoms with E-state index in [9.17, 15) is 8.78 Å². The monoisotopic (exact) mass is 275 g/mol. The first-order valence-corrected chi connectivity index (χ1v) is 6.87. The summed E-state index contributed by atoms with van der Waals surface area (Å²) in [6.07, 6.45) is 0.931. The molecule has 1 atom stereocenters. The van der Waals surface area contributed by atoms with Gasteiger partial charge in [0.05, 0.1) is 0 Å². The molecule has 20 heavy (non-hydrogen) atoms. The van der Waals surface area contributed by atoms with Gasteiger partial charge in [0.1, 0.15) is 11.6 Å². The van der Waals surface area contributed by atoms with Gasteiger partial charge in [0.25, 0.3) is 0 Å². The molecule has 0 aliphatic heterocycles. The Morgan fingerprint density at radius 3 is 2.25 bits per heavy atom. The average molecular weight is 275 g/mol. The first-order valence-electron chi connectivity index (χ1n) is 6.87. The van der Waals surface area contributed by atoms with Crippen molar-refractivity contribution in [1.82, 2.24) is 5.32 Å². The lowest BCUT2D eigenvalue weighted by Gasteiger charge is -2.12. The largest absolute Gasteiger partial charge is 0.312 e. The average Bonchev–Trinajstić information content (AvgIpc) is 2.46. The highest BCUT2D eigenvalue weighted by Crippen LogP contribution is 2.18. The summed E-state index contributed by atoms with van der Waals surface area (Å²) < 4.78 is 26.8. The van der Waals surface area contributed by atoms with Crippen molar-refractivity contribution < 1.29 is 8.78 Å². The predicted molar refractivity (Wildman–Crippen MR) is 77.5 cm³/mol. The van der Waals surface area contributed by atoms with Crippen LogP contribution in [0.4, 0.5) is 8.78 Å². The van der Waals surface area contributed by atoms with Crippen molar-refractivity contribution in [1.29, 1.82) is 0 Å². The van der Waals surface area contributed by atoms with Gasteiger partial charge in [0, 0.05) is 12.1 Å². The lowest BCUT2D eigenvalue weighted by atomic mass is 9.98. The maximum absolute atomic E-state index is 13.4. The second kappa shape index (κ2) is 7.15. The number of rotatable bonds is 6. The highest BCUT2D eigenvalue weighted by molar-refractivity contribution is 5.20. The van der Waals surface area contributed by atoms with Crippen LogP contribution in [0.15, 0.2) is 48.5 Å². The van der Waals surface area contributed by atoms with E-state index >= 15 is 0 Å². The number of benzene rings is 2. The fourth-order valence-electron chi connectivity index (χ4n) is 2.18. The summed E-state index contributed by atoms with van der Waals surface area (Å²) in [4.78, 5) is 0. The Bertz CT molecular complexity index is 520. The molecule has 0 aromatic heterocycles. The van der Waals surface area contributed by atoms with Gasteiger partial charge in [-0.05, 0) is 36.6 Å². The maximum Gasteiger partial charge on any atom is 0.130 e. The molecule has 1 unspecified atom stereocenters. The molecule has 106 valence electrons. The molecular weight excluding hydrogens is 256 g/mol. The molecule has 0 bridgehead atoms. The summed E-state index contributed by atoms with van der Waals surface area (Å²) in [5.41, 5.74) is 1.39. The highest BCUT2D eigenvalue weighted by Gasteiger charge is 2.08. The van der Waals surface area contributed by atoms with E-state index in [2.05, 4.69) is 24.4 Å². The van der Waals surface area contributed by atoms with Crippen LogP contribution in [0.25, 0.3) is 0 Å². The van der Waals surface area contributed by atoms with E-state index in [1.165, 1.54) is 23.8 Å². The van der Waals surface area contributed by atoms with Gasteiger partial charge in [-0.25, -0.2) is 8.78 Å². The Kier molecular flexibility index (Phi) is 5.24. The maximum atomic E-state index is 13.4. The summed E-state index contributed by atoms with van der Waals surface area (Å²) in [6, 6.07) is 14.2. The highest BCUT2D eigenvalue weighted by atomic mass is 19.1. The Balaban J connectivity index is 1.80. The second-order valence-corrected chi connectivity index (χ2v) is 4.98. The van der Waals surface area contributed by atoms with Crippen LogP contribution in [0.1, 0.15) is 30.4 Å². The summed E-state index contributed by atoms with van der Waals surface area (Å²) in [6.45, 7) is 3.10. The molecule has 0 saturated carbocycles. The molecule has 0 radical (unpaired) electrons. The van der Waals surface area contributed by atoms with Gasteiger partial charge in [-0.15, -0.1) is 0 Å². The van der Waals surface area contributed by atoms with Crippen LogP contribution in [0.5, 0.6) is 0 Å². The molecule has 0 aliphatic carbocycles. The molecule has 0 saturated heterocycles. The standard InChI is InChI=1S/C17H19F2N/c1-13(14-6-3-2-4-7-14)10-11-20-12-15-16(18)8-5-9-17(15)19/h2-9,13,20H,10-12H2,1H3. The van der Waals surface area contributed by atoms with Crippen LogP contribution in [-0.2, 0) is 6.54 Å². The van der Waals surface area contributed by atoms with E-state index in [0.29, 0.717) is 5.92 Å². The topological polar surface area (TPSA) is 12.0 Å². The molecule has 2 rings (SSSR count). The van der Waals surface area contributed by atoms with Gasteiger partial charge in [0.2, 0.25) is 0 Å². The van der Waals surface area contributed by atoms with Crippen LogP contribution in [0, 0.1) is 11.6 Å². The summed E-state index contributed by atoms with van der Waals surface area (Å²) in [5.74, 6) is -0.559. The van der Waals surface area contributed by atoms with Gasteiger partial charge >= 0.3 is 0 Å². The van der Waals surface area contributed by atoms with Gasteiger partial charge in [0.15, 0.2) is 0 Å². The van der Waals surface area contributed by atoms with Gasteiger partial charge in [-0.3, -0.25) is 0 Å². The number of hydrogen-bond acceptors (Lipinski definition) is 1. The molecule has 2 aromatic carbocycles. The third-order valence-corrected chi connectivity index (χ3v) is 3.49. The first kappa shape index (κ1) is 14.7. The lowest BCUT2D eigenvalue weighted by molar-refractivity contribution is 0.525. The van der Waals surface area contributed by atoms with E-state index in [-0.39, 0.29) is 12.1 Å². The fraction of sp³-hybridized carbons (Fsp3) is 0.294. The minimum atomic E-state index is -0.492. The summed E-state index contributed by atoms with van der Waals surface area (Å²) in [7, 11) is 0. The number of halogens is 2. The lowest BCUT2D eigenvalue weighted by Crippen LogP contribution is -2.18. The van der Waals surface area contributed by atoms with Gasteiger partial charge in [-0.2, -0.15) is 0 Å². The van der Waals surface area contributed by atoms with Crippen molar-refractivity contribution in [3.63, 3.8) is 0 Å². The van der Waals surface area contributed by atoms with E-state index < -0.39 is 11.6 Å². The van der Waals surface area contributed by atoms with Gasteiger partial charge in [-0.1, -0.05) is 43.3 Å². The quantitative estimate of drug-likeness (QED) is 0.777. The Morgan fingerprint density at radius 2 is 1.60 bits per heavy atom. The molecule has 0 spiro atoms. The Hall–Kier alpha value is -1.74. The zero-order valence-electron chi connectivity index (χ0n) is 11.6. The van der Waals surface area contributed by atoms with Crippen LogP contribution < -0.4 is 5.32 Å². The molecule has 1 N–H and O–H groups in total. The SMILES string of the molecule is CC(CCNCc1c(F)cccc1F)c1ccccc1. The van der Waals surface area contributed by atoms with Crippen LogP contribution in [0.3, 0.4) is 0 Å². The van der Waals surface area contributed by atoms with E-state index in [1.807, 2.05) is 18.2 Å². The summed E-state index contributed by atoms with van der Waals surface area (Å²) in [5, 5.41) is 3.10. The second-order valence-electron chi connectivity index (χ2n) is 4.98. The van der Waals surface area contributed by atoms with Crippen molar-refractivity contribution in [2.24, 2.45) is 0 Å². The molecule has 0 heterocycles. The molecule has 3 heteroatoms. The molecule has 0 amide bonds. The van der Waals surface area contributed by atoms with Crippen molar-refractivity contribution in [2.75, 3.05) is 6.54 Å². The third kappa shape index (κ3) is 3.87. The zero-order valence-corrected chi connectivity index (χ0v) is 11.6. The third-order valence-electron chi connectivity index (χ3n) is 3.49. The molecule has 1 nitrogen and oxygen atoms in total.